The van der Waals surface area contributed by atoms with Gasteiger partial charge in [-0.1, -0.05) is 0 Å². The van der Waals surface area contributed by atoms with Gasteiger partial charge in [-0.25, -0.2) is 26.9 Å². The second kappa shape index (κ2) is 5.35. The molecule has 0 aliphatic heterocycles. The van der Waals surface area contributed by atoms with Crippen LogP contribution in [0.4, 0.5) is 22.0 Å². The lowest BCUT2D eigenvalue weighted by atomic mass is 10.2. The lowest BCUT2D eigenvalue weighted by molar-refractivity contribution is 0.448. The van der Waals surface area contributed by atoms with Crippen molar-refractivity contribution < 1.29 is 22.0 Å². The van der Waals surface area contributed by atoms with Crippen LogP contribution in [0.5, 0.6) is 0 Å². The average molecular weight is 323 g/mol. The summed E-state index contributed by atoms with van der Waals surface area (Å²) in [5.74, 6) is -7.16. The highest BCUT2D eigenvalue weighted by Crippen LogP contribution is 2.29. The van der Waals surface area contributed by atoms with Gasteiger partial charge >= 0.3 is 0 Å². The van der Waals surface area contributed by atoms with Crippen LogP contribution >= 0.6 is 0 Å². The zero-order valence-corrected chi connectivity index (χ0v) is 11.2. The predicted molar refractivity (Wildman–Crippen MR) is 70.6 cm³/mol. The highest BCUT2D eigenvalue weighted by Gasteiger charge is 2.21. The minimum atomic E-state index is -1.70. The number of nitrogens with zero attached hydrogens (tertiary/aromatic N) is 3. The highest BCUT2D eigenvalue weighted by atomic mass is 19.2. The van der Waals surface area contributed by atoms with Crippen LogP contribution in [0.1, 0.15) is 0 Å². The monoisotopic (exact) mass is 323 g/mol. The molecule has 0 spiro atoms. The molecule has 0 atom stereocenters. The molecule has 0 radical (unpaired) electrons. The number of aromatic nitrogens is 2. The van der Waals surface area contributed by atoms with Crippen LogP contribution in [0.15, 0.2) is 24.3 Å². The maximum absolute atomic E-state index is 14.0. The summed E-state index contributed by atoms with van der Waals surface area (Å²) in [6.07, 6.45) is 0. The fourth-order valence-electron chi connectivity index (χ4n) is 2.26. The summed E-state index contributed by atoms with van der Waals surface area (Å²) in [6, 6.07) is 4.99. The number of halogens is 5. The van der Waals surface area contributed by atoms with Crippen LogP contribution in [0.25, 0.3) is 22.4 Å². The van der Waals surface area contributed by atoms with Crippen molar-refractivity contribution in [3.8, 4) is 17.5 Å². The molecule has 1 aromatic heterocycles. The van der Waals surface area contributed by atoms with Crippen molar-refractivity contribution in [2.45, 2.75) is 6.54 Å². The molecule has 8 heteroatoms. The van der Waals surface area contributed by atoms with Crippen LogP contribution in [0.3, 0.4) is 0 Å². The number of benzene rings is 2. The van der Waals surface area contributed by atoms with Gasteiger partial charge in [0.15, 0.2) is 29.1 Å². The van der Waals surface area contributed by atoms with Crippen LogP contribution in [0, 0.1) is 40.4 Å². The SMILES string of the molecule is N#CCn1c(-c2ccc(F)c(F)c2F)nc2cc(F)c(F)cc21. The minimum Gasteiger partial charge on any atom is -0.310 e. The molecule has 0 fully saturated rings. The molecule has 0 N–H and O–H groups in total. The Balaban J connectivity index is 2.36. The number of imidazole rings is 1. The molecule has 0 amide bonds. The molecule has 3 aromatic rings. The molecule has 0 saturated heterocycles. The number of nitriles is 1. The zero-order valence-electron chi connectivity index (χ0n) is 11.2. The summed E-state index contributed by atoms with van der Waals surface area (Å²) >= 11 is 0. The standard InChI is InChI=1S/C15H6F5N3/c16-8-2-1-7(13(19)14(8)20)15-22-11-5-9(17)10(18)6-12(11)23(15)4-3-21/h1-2,5-6H,4H2. The molecule has 0 aliphatic carbocycles. The van der Waals surface area contributed by atoms with Crippen LogP contribution < -0.4 is 0 Å². The predicted octanol–water partition coefficient (Wildman–Crippen LogP) is 3.92. The van der Waals surface area contributed by atoms with Crippen LogP contribution in [-0.4, -0.2) is 9.55 Å². The van der Waals surface area contributed by atoms with Crippen molar-refractivity contribution in [1.82, 2.24) is 9.55 Å². The van der Waals surface area contributed by atoms with E-state index in [-0.39, 0.29) is 23.4 Å². The first-order valence-electron chi connectivity index (χ1n) is 6.30. The summed E-state index contributed by atoms with van der Waals surface area (Å²) in [4.78, 5) is 3.91. The van der Waals surface area contributed by atoms with Gasteiger partial charge in [-0.15, -0.1) is 0 Å². The van der Waals surface area contributed by atoms with E-state index in [2.05, 4.69) is 4.98 Å². The topological polar surface area (TPSA) is 41.6 Å². The number of hydrogen-bond donors (Lipinski definition) is 0. The molecule has 0 unspecified atom stereocenters. The Morgan fingerprint density at radius 3 is 2.35 bits per heavy atom. The molecule has 1 heterocycles. The first kappa shape index (κ1) is 15.0. The molecule has 3 rings (SSSR count). The van der Waals surface area contributed by atoms with E-state index < -0.39 is 34.6 Å². The van der Waals surface area contributed by atoms with Crippen molar-refractivity contribution in [3.05, 3.63) is 53.4 Å². The number of rotatable bonds is 2. The van der Waals surface area contributed by atoms with Crippen molar-refractivity contribution >= 4 is 11.0 Å². The fraction of sp³-hybridized carbons (Fsp3) is 0.0667. The lowest BCUT2D eigenvalue weighted by Gasteiger charge is -2.07. The number of fused-ring (bicyclic) bond motifs is 1. The van der Waals surface area contributed by atoms with Gasteiger partial charge in [-0.05, 0) is 12.1 Å². The summed E-state index contributed by atoms with van der Waals surface area (Å²) in [5.41, 5.74) is -0.431. The first-order chi connectivity index (χ1) is 10.9. The minimum absolute atomic E-state index is 0.0320. The Bertz CT molecular complexity index is 972. The molecule has 0 saturated carbocycles. The summed E-state index contributed by atoms with van der Waals surface area (Å²) in [6.45, 7) is -0.366. The highest BCUT2D eigenvalue weighted by molar-refractivity contribution is 5.81. The summed E-state index contributed by atoms with van der Waals surface area (Å²) in [5, 5.41) is 8.87. The Morgan fingerprint density at radius 1 is 0.957 bits per heavy atom. The van der Waals surface area contributed by atoms with Gasteiger partial charge in [0.1, 0.15) is 12.4 Å². The van der Waals surface area contributed by atoms with E-state index in [9.17, 15) is 22.0 Å². The van der Waals surface area contributed by atoms with E-state index in [0.717, 1.165) is 22.8 Å². The molecule has 23 heavy (non-hydrogen) atoms. The van der Waals surface area contributed by atoms with E-state index in [0.29, 0.717) is 6.07 Å². The van der Waals surface area contributed by atoms with E-state index in [1.165, 1.54) is 0 Å². The molecule has 0 bridgehead atoms. The van der Waals surface area contributed by atoms with Gasteiger partial charge in [0.05, 0.1) is 22.7 Å². The normalized spacial score (nSPS) is 11.0. The van der Waals surface area contributed by atoms with Gasteiger partial charge in [0, 0.05) is 12.1 Å². The van der Waals surface area contributed by atoms with Gasteiger partial charge in [-0.2, -0.15) is 5.26 Å². The van der Waals surface area contributed by atoms with E-state index >= 15 is 0 Å². The van der Waals surface area contributed by atoms with Gasteiger partial charge in [-0.3, -0.25) is 0 Å². The molecular formula is C15H6F5N3. The van der Waals surface area contributed by atoms with Crippen molar-refractivity contribution in [3.63, 3.8) is 0 Å². The van der Waals surface area contributed by atoms with Crippen molar-refractivity contribution in [2.75, 3.05) is 0 Å². The largest absolute Gasteiger partial charge is 0.310 e. The second-order valence-corrected chi connectivity index (χ2v) is 4.66. The van der Waals surface area contributed by atoms with E-state index in [1.807, 2.05) is 0 Å². The first-order valence-corrected chi connectivity index (χ1v) is 6.30. The van der Waals surface area contributed by atoms with E-state index in [4.69, 9.17) is 5.26 Å². The van der Waals surface area contributed by atoms with E-state index in [1.54, 1.807) is 6.07 Å². The third-order valence-corrected chi connectivity index (χ3v) is 3.30. The van der Waals surface area contributed by atoms with Crippen LogP contribution in [-0.2, 0) is 6.54 Å². The van der Waals surface area contributed by atoms with Gasteiger partial charge in [0.2, 0.25) is 0 Å². The molecule has 3 nitrogen and oxygen atoms in total. The Hall–Kier alpha value is -2.95. The van der Waals surface area contributed by atoms with Gasteiger partial charge < -0.3 is 4.57 Å². The quantitative estimate of drug-likeness (QED) is 0.530. The lowest BCUT2D eigenvalue weighted by Crippen LogP contribution is -2.02. The average Bonchev–Trinajstić information content (AvgIpc) is 2.84. The zero-order chi connectivity index (χ0) is 16.7. The summed E-state index contributed by atoms with van der Waals surface area (Å²) in [7, 11) is 0. The van der Waals surface area contributed by atoms with Crippen LogP contribution in [0.2, 0.25) is 0 Å². The molecule has 2 aromatic carbocycles. The molecule has 116 valence electrons. The second-order valence-electron chi connectivity index (χ2n) is 4.66. The Kier molecular flexibility index (Phi) is 3.48. The smallest absolute Gasteiger partial charge is 0.195 e. The Morgan fingerprint density at radius 2 is 1.65 bits per heavy atom. The third-order valence-electron chi connectivity index (χ3n) is 3.30. The Labute approximate surface area is 126 Å². The molecule has 0 aliphatic rings. The fourth-order valence-corrected chi connectivity index (χ4v) is 2.26. The van der Waals surface area contributed by atoms with Crippen molar-refractivity contribution in [2.24, 2.45) is 0 Å². The third kappa shape index (κ3) is 2.30. The van der Waals surface area contributed by atoms with Gasteiger partial charge in [0.25, 0.3) is 0 Å². The maximum Gasteiger partial charge on any atom is 0.195 e. The maximum atomic E-state index is 14.0. The van der Waals surface area contributed by atoms with Crippen molar-refractivity contribution in [1.29, 1.82) is 5.26 Å². The number of hydrogen-bond acceptors (Lipinski definition) is 2. The molecular weight excluding hydrogens is 317 g/mol. The summed E-state index contributed by atoms with van der Waals surface area (Å²) < 4.78 is 68.2.